The molecule has 0 aromatic carbocycles. The van der Waals surface area contributed by atoms with Gasteiger partial charge in [-0.05, 0) is 6.07 Å². The molecule has 0 atom stereocenters. The van der Waals surface area contributed by atoms with E-state index in [0.29, 0.717) is 12.5 Å². The summed E-state index contributed by atoms with van der Waals surface area (Å²) in [7, 11) is 2.96. The van der Waals surface area contributed by atoms with Crippen LogP contribution in [-0.4, -0.2) is 29.2 Å². The number of ether oxygens (including phenoxy) is 2. The molecule has 0 aliphatic heterocycles. The SMILES string of the molecule is COc1nc(NCc2ccoc2)nc(OC)n1. The topological polar surface area (TPSA) is 82.3 Å². The van der Waals surface area contributed by atoms with Gasteiger partial charge in [0.25, 0.3) is 0 Å². The van der Waals surface area contributed by atoms with Crippen molar-refractivity contribution in [3.63, 3.8) is 0 Å². The normalized spacial score (nSPS) is 10.0. The highest BCUT2D eigenvalue weighted by Crippen LogP contribution is 2.12. The molecule has 0 amide bonds. The van der Waals surface area contributed by atoms with Gasteiger partial charge in [0.05, 0.1) is 26.7 Å². The molecule has 7 heteroatoms. The molecular weight excluding hydrogens is 224 g/mol. The second kappa shape index (κ2) is 5.15. The van der Waals surface area contributed by atoms with E-state index in [-0.39, 0.29) is 12.0 Å². The van der Waals surface area contributed by atoms with Crippen LogP contribution in [-0.2, 0) is 6.54 Å². The van der Waals surface area contributed by atoms with Crippen LogP contribution in [0.3, 0.4) is 0 Å². The molecule has 0 unspecified atom stereocenters. The van der Waals surface area contributed by atoms with Gasteiger partial charge in [-0.15, -0.1) is 4.98 Å². The molecule has 17 heavy (non-hydrogen) atoms. The smallest absolute Gasteiger partial charge is 0.324 e. The zero-order chi connectivity index (χ0) is 12.1. The summed E-state index contributed by atoms with van der Waals surface area (Å²) in [6.45, 7) is 0.548. The fourth-order valence-electron chi connectivity index (χ4n) is 1.17. The van der Waals surface area contributed by atoms with Crippen molar-refractivity contribution in [2.75, 3.05) is 19.5 Å². The monoisotopic (exact) mass is 236 g/mol. The number of methoxy groups -OCH3 is 2. The van der Waals surface area contributed by atoms with Gasteiger partial charge in [-0.25, -0.2) is 0 Å². The highest BCUT2D eigenvalue weighted by atomic mass is 16.5. The molecule has 0 saturated carbocycles. The Morgan fingerprint density at radius 3 is 2.41 bits per heavy atom. The maximum absolute atomic E-state index is 4.95. The Morgan fingerprint density at radius 1 is 1.18 bits per heavy atom. The molecule has 2 heterocycles. The maximum Gasteiger partial charge on any atom is 0.324 e. The van der Waals surface area contributed by atoms with Crippen LogP contribution in [0.4, 0.5) is 5.95 Å². The van der Waals surface area contributed by atoms with E-state index in [1.165, 1.54) is 14.2 Å². The molecule has 0 bridgehead atoms. The number of aromatic nitrogens is 3. The summed E-state index contributed by atoms with van der Waals surface area (Å²) in [5, 5.41) is 3.01. The van der Waals surface area contributed by atoms with Crippen molar-refractivity contribution in [3.8, 4) is 12.0 Å². The van der Waals surface area contributed by atoms with E-state index in [9.17, 15) is 0 Å². The predicted octanol–water partition coefficient (Wildman–Crippen LogP) is 1.09. The first-order valence-corrected chi connectivity index (χ1v) is 4.91. The van der Waals surface area contributed by atoms with E-state index >= 15 is 0 Å². The highest BCUT2D eigenvalue weighted by molar-refractivity contribution is 5.29. The minimum absolute atomic E-state index is 0.201. The third kappa shape index (κ3) is 2.83. The molecule has 0 spiro atoms. The van der Waals surface area contributed by atoms with Gasteiger partial charge in [-0.2, -0.15) is 9.97 Å². The molecule has 0 fully saturated rings. The molecular formula is C10H12N4O3. The largest absolute Gasteiger partial charge is 0.472 e. The summed E-state index contributed by atoms with van der Waals surface area (Å²) in [6, 6.07) is 2.25. The number of furan rings is 1. The van der Waals surface area contributed by atoms with Crippen molar-refractivity contribution >= 4 is 5.95 Å². The number of anilines is 1. The van der Waals surface area contributed by atoms with Crippen molar-refractivity contribution < 1.29 is 13.9 Å². The van der Waals surface area contributed by atoms with Crippen LogP contribution in [0.15, 0.2) is 23.0 Å². The van der Waals surface area contributed by atoms with E-state index in [1.54, 1.807) is 12.5 Å². The number of hydrogen-bond acceptors (Lipinski definition) is 7. The Hall–Kier alpha value is -2.31. The first kappa shape index (κ1) is 11.2. The summed E-state index contributed by atoms with van der Waals surface area (Å²) in [4.78, 5) is 12.0. The van der Waals surface area contributed by atoms with Crippen molar-refractivity contribution in [1.29, 1.82) is 0 Å². The van der Waals surface area contributed by atoms with Crippen LogP contribution in [0.2, 0.25) is 0 Å². The molecule has 0 radical (unpaired) electrons. The lowest BCUT2D eigenvalue weighted by atomic mass is 10.3. The van der Waals surface area contributed by atoms with Gasteiger partial charge in [-0.3, -0.25) is 0 Å². The van der Waals surface area contributed by atoms with Gasteiger partial charge in [0.1, 0.15) is 0 Å². The number of nitrogens with one attached hydrogen (secondary N) is 1. The first-order valence-electron chi connectivity index (χ1n) is 4.91. The summed E-state index contributed by atoms with van der Waals surface area (Å²) >= 11 is 0. The lowest BCUT2D eigenvalue weighted by Crippen LogP contribution is -2.06. The van der Waals surface area contributed by atoms with Crippen LogP contribution in [0.25, 0.3) is 0 Å². The Labute approximate surface area is 97.8 Å². The van der Waals surface area contributed by atoms with E-state index in [1.807, 2.05) is 6.07 Å². The lowest BCUT2D eigenvalue weighted by Gasteiger charge is -2.06. The van der Waals surface area contributed by atoms with Gasteiger partial charge < -0.3 is 19.2 Å². The Kier molecular flexibility index (Phi) is 3.39. The van der Waals surface area contributed by atoms with Gasteiger partial charge in [0.2, 0.25) is 5.95 Å². The fraction of sp³-hybridized carbons (Fsp3) is 0.300. The maximum atomic E-state index is 4.95. The second-order valence-corrected chi connectivity index (χ2v) is 3.12. The molecule has 7 nitrogen and oxygen atoms in total. The number of nitrogens with zero attached hydrogens (tertiary/aromatic N) is 3. The van der Waals surface area contributed by atoms with Crippen molar-refractivity contribution in [2.45, 2.75) is 6.54 Å². The molecule has 2 aromatic heterocycles. The van der Waals surface area contributed by atoms with Crippen molar-refractivity contribution in [3.05, 3.63) is 24.2 Å². The van der Waals surface area contributed by atoms with Crippen molar-refractivity contribution in [1.82, 2.24) is 15.0 Å². The Bertz CT molecular complexity index is 450. The summed E-state index contributed by atoms with van der Waals surface area (Å²) < 4.78 is 14.8. The molecule has 0 aliphatic rings. The van der Waals surface area contributed by atoms with Crippen LogP contribution in [0, 0.1) is 0 Å². The molecule has 0 saturated heterocycles. The molecule has 90 valence electrons. The average Bonchev–Trinajstić information content (AvgIpc) is 2.89. The van der Waals surface area contributed by atoms with E-state index in [4.69, 9.17) is 13.9 Å². The summed E-state index contributed by atoms with van der Waals surface area (Å²) in [6.07, 6.45) is 3.24. The molecule has 2 rings (SSSR count). The molecule has 2 aromatic rings. The zero-order valence-corrected chi connectivity index (χ0v) is 9.51. The minimum Gasteiger partial charge on any atom is -0.472 e. The average molecular weight is 236 g/mol. The third-order valence-corrected chi connectivity index (χ3v) is 1.99. The van der Waals surface area contributed by atoms with E-state index in [0.717, 1.165) is 5.56 Å². The highest BCUT2D eigenvalue weighted by Gasteiger charge is 2.06. The Balaban J connectivity index is 2.09. The van der Waals surface area contributed by atoms with Crippen LogP contribution < -0.4 is 14.8 Å². The van der Waals surface area contributed by atoms with E-state index in [2.05, 4.69) is 20.3 Å². The van der Waals surface area contributed by atoms with Crippen molar-refractivity contribution in [2.24, 2.45) is 0 Å². The first-order chi connectivity index (χ1) is 8.31. The summed E-state index contributed by atoms with van der Waals surface area (Å²) in [5.41, 5.74) is 0.989. The van der Waals surface area contributed by atoms with Gasteiger partial charge in [-0.1, -0.05) is 0 Å². The molecule has 1 N–H and O–H groups in total. The minimum atomic E-state index is 0.201. The van der Waals surface area contributed by atoms with Crippen LogP contribution >= 0.6 is 0 Å². The predicted molar refractivity (Wildman–Crippen MR) is 59.0 cm³/mol. The quantitative estimate of drug-likeness (QED) is 0.832. The third-order valence-electron chi connectivity index (χ3n) is 1.99. The Morgan fingerprint density at radius 2 is 1.88 bits per heavy atom. The van der Waals surface area contributed by atoms with Gasteiger partial charge in [0, 0.05) is 12.1 Å². The lowest BCUT2D eigenvalue weighted by molar-refractivity contribution is 0.341. The molecule has 0 aliphatic carbocycles. The second-order valence-electron chi connectivity index (χ2n) is 3.12. The fourth-order valence-corrected chi connectivity index (χ4v) is 1.17. The summed E-state index contributed by atoms with van der Waals surface area (Å²) in [5.74, 6) is 0.384. The number of hydrogen-bond donors (Lipinski definition) is 1. The van der Waals surface area contributed by atoms with Crippen LogP contribution in [0.5, 0.6) is 12.0 Å². The van der Waals surface area contributed by atoms with Gasteiger partial charge >= 0.3 is 12.0 Å². The zero-order valence-electron chi connectivity index (χ0n) is 9.51. The van der Waals surface area contributed by atoms with Crippen LogP contribution in [0.1, 0.15) is 5.56 Å². The number of rotatable bonds is 5. The van der Waals surface area contributed by atoms with Gasteiger partial charge in [0.15, 0.2) is 0 Å². The van der Waals surface area contributed by atoms with E-state index < -0.39 is 0 Å². The standard InChI is InChI=1S/C10H12N4O3/c1-15-9-12-8(13-10(14-9)16-2)11-5-7-3-4-17-6-7/h3-4,6H,5H2,1-2H3,(H,11,12,13,14).